The van der Waals surface area contributed by atoms with Crippen molar-refractivity contribution in [3.63, 3.8) is 0 Å². The summed E-state index contributed by atoms with van der Waals surface area (Å²) in [4.78, 5) is 0. The molecule has 116 valence electrons. The molecule has 0 bridgehead atoms. The predicted molar refractivity (Wildman–Crippen MR) is 85.9 cm³/mol. The van der Waals surface area contributed by atoms with Crippen LogP contribution in [0.25, 0.3) is 0 Å². The smallest absolute Gasteiger partial charge is 0.0111 e. The molecule has 20 heavy (non-hydrogen) atoms. The Bertz CT molecular complexity index is 285. The average molecular weight is 278 g/mol. The fourth-order valence-electron chi connectivity index (χ4n) is 5.03. The second-order valence-corrected chi connectivity index (χ2v) is 7.80. The Balaban J connectivity index is 1.48. The van der Waals surface area contributed by atoms with Crippen molar-refractivity contribution in [2.24, 2.45) is 17.8 Å². The van der Waals surface area contributed by atoms with Gasteiger partial charge in [-0.1, -0.05) is 32.6 Å². The molecule has 0 amide bonds. The van der Waals surface area contributed by atoms with Gasteiger partial charge in [0.05, 0.1) is 0 Å². The highest BCUT2D eigenvalue weighted by atomic mass is 15.0. The van der Waals surface area contributed by atoms with Gasteiger partial charge in [0.25, 0.3) is 0 Å². The topological polar surface area (TPSA) is 24.1 Å². The van der Waals surface area contributed by atoms with E-state index < -0.39 is 0 Å². The maximum atomic E-state index is 4.00. The molecular formula is C18H34N2. The van der Waals surface area contributed by atoms with Gasteiger partial charge in [0.2, 0.25) is 0 Å². The molecule has 3 fully saturated rings. The lowest BCUT2D eigenvalue weighted by atomic mass is 9.78. The lowest BCUT2D eigenvalue weighted by Crippen LogP contribution is -2.48. The Morgan fingerprint density at radius 1 is 0.950 bits per heavy atom. The second kappa shape index (κ2) is 7.26. The highest BCUT2D eigenvalue weighted by molar-refractivity contribution is 4.92. The zero-order valence-corrected chi connectivity index (χ0v) is 13.4. The van der Waals surface area contributed by atoms with E-state index in [-0.39, 0.29) is 0 Å². The van der Waals surface area contributed by atoms with Crippen molar-refractivity contribution in [2.45, 2.75) is 83.2 Å². The van der Waals surface area contributed by atoms with Gasteiger partial charge in [-0.15, -0.1) is 0 Å². The van der Waals surface area contributed by atoms with E-state index in [1.54, 1.807) is 0 Å². The Morgan fingerprint density at radius 3 is 2.65 bits per heavy atom. The van der Waals surface area contributed by atoms with E-state index in [2.05, 4.69) is 17.6 Å². The van der Waals surface area contributed by atoms with E-state index in [0.29, 0.717) is 0 Å². The predicted octanol–water partition coefficient (Wildman–Crippen LogP) is 3.71. The van der Waals surface area contributed by atoms with Gasteiger partial charge in [-0.25, -0.2) is 0 Å². The molecule has 3 aliphatic rings. The van der Waals surface area contributed by atoms with Gasteiger partial charge in [0.15, 0.2) is 0 Å². The van der Waals surface area contributed by atoms with Crippen molar-refractivity contribution in [3.05, 3.63) is 0 Å². The summed E-state index contributed by atoms with van der Waals surface area (Å²) in [6, 6.07) is 1.62. The summed E-state index contributed by atoms with van der Waals surface area (Å²) in [7, 11) is 0. The van der Waals surface area contributed by atoms with E-state index in [1.165, 1.54) is 77.3 Å². The largest absolute Gasteiger partial charge is 0.314 e. The highest BCUT2D eigenvalue weighted by Gasteiger charge is 2.33. The van der Waals surface area contributed by atoms with E-state index in [1.807, 2.05) is 0 Å². The fourth-order valence-corrected chi connectivity index (χ4v) is 5.03. The molecule has 1 saturated heterocycles. The standard InChI is InChI=1S/C18H34N2/c1-14-6-4-7-15(12-14)13-20-18-9-3-2-8-16(18)17-10-5-11-19-17/h14-20H,2-13H2,1H3. The van der Waals surface area contributed by atoms with Gasteiger partial charge in [-0.05, 0) is 69.4 Å². The van der Waals surface area contributed by atoms with Crippen LogP contribution in [0.2, 0.25) is 0 Å². The van der Waals surface area contributed by atoms with Crippen LogP contribution in [0.5, 0.6) is 0 Å². The first-order valence-corrected chi connectivity index (χ1v) is 9.29. The molecule has 0 aromatic carbocycles. The molecule has 0 aromatic heterocycles. The van der Waals surface area contributed by atoms with Crippen molar-refractivity contribution in [3.8, 4) is 0 Å². The second-order valence-electron chi connectivity index (χ2n) is 7.80. The molecular weight excluding hydrogens is 244 g/mol. The van der Waals surface area contributed by atoms with Crippen LogP contribution in [-0.4, -0.2) is 25.2 Å². The number of nitrogens with one attached hydrogen (secondary N) is 2. The Morgan fingerprint density at radius 2 is 1.85 bits per heavy atom. The normalized spacial score (nSPS) is 42.8. The lowest BCUT2D eigenvalue weighted by Gasteiger charge is -2.38. The quantitative estimate of drug-likeness (QED) is 0.819. The van der Waals surface area contributed by atoms with E-state index in [9.17, 15) is 0 Å². The minimum atomic E-state index is 0.802. The molecule has 2 N–H and O–H groups in total. The summed E-state index contributed by atoms with van der Waals surface area (Å²) < 4.78 is 0. The van der Waals surface area contributed by atoms with Crippen molar-refractivity contribution >= 4 is 0 Å². The van der Waals surface area contributed by atoms with E-state index in [4.69, 9.17) is 0 Å². The summed E-state index contributed by atoms with van der Waals surface area (Å²) in [5, 5.41) is 7.76. The van der Waals surface area contributed by atoms with Gasteiger partial charge in [-0.2, -0.15) is 0 Å². The molecule has 2 aliphatic carbocycles. The van der Waals surface area contributed by atoms with Crippen LogP contribution >= 0.6 is 0 Å². The van der Waals surface area contributed by atoms with Crippen molar-refractivity contribution in [1.82, 2.24) is 10.6 Å². The minimum Gasteiger partial charge on any atom is -0.314 e. The average Bonchev–Trinajstić information content (AvgIpc) is 3.00. The van der Waals surface area contributed by atoms with Gasteiger partial charge >= 0.3 is 0 Å². The van der Waals surface area contributed by atoms with Crippen LogP contribution in [0, 0.1) is 17.8 Å². The Kier molecular flexibility index (Phi) is 5.39. The molecule has 2 saturated carbocycles. The third-order valence-corrected chi connectivity index (χ3v) is 6.15. The first-order chi connectivity index (χ1) is 9.83. The first-order valence-electron chi connectivity index (χ1n) is 9.29. The fraction of sp³-hybridized carbons (Fsp3) is 1.00. The summed E-state index contributed by atoms with van der Waals surface area (Å²) in [6.45, 7) is 4.99. The molecule has 0 spiro atoms. The van der Waals surface area contributed by atoms with Crippen molar-refractivity contribution in [1.29, 1.82) is 0 Å². The molecule has 3 rings (SSSR count). The van der Waals surface area contributed by atoms with Crippen LogP contribution in [0.3, 0.4) is 0 Å². The Labute approximate surface area is 125 Å². The summed E-state index contributed by atoms with van der Waals surface area (Å²) in [5.74, 6) is 2.83. The molecule has 5 unspecified atom stereocenters. The Hall–Kier alpha value is -0.0800. The van der Waals surface area contributed by atoms with Crippen LogP contribution < -0.4 is 10.6 Å². The molecule has 0 radical (unpaired) electrons. The number of rotatable bonds is 4. The minimum absolute atomic E-state index is 0.802. The molecule has 2 nitrogen and oxygen atoms in total. The molecule has 0 aromatic rings. The highest BCUT2D eigenvalue weighted by Crippen LogP contribution is 2.32. The number of hydrogen-bond acceptors (Lipinski definition) is 2. The lowest BCUT2D eigenvalue weighted by molar-refractivity contribution is 0.193. The zero-order valence-electron chi connectivity index (χ0n) is 13.4. The van der Waals surface area contributed by atoms with Gasteiger partial charge < -0.3 is 10.6 Å². The van der Waals surface area contributed by atoms with E-state index >= 15 is 0 Å². The third kappa shape index (κ3) is 3.76. The zero-order chi connectivity index (χ0) is 13.8. The maximum Gasteiger partial charge on any atom is 0.0111 e. The molecule has 1 aliphatic heterocycles. The van der Waals surface area contributed by atoms with Gasteiger partial charge in [0, 0.05) is 12.1 Å². The van der Waals surface area contributed by atoms with Gasteiger partial charge in [-0.3, -0.25) is 0 Å². The summed E-state index contributed by atoms with van der Waals surface area (Å²) >= 11 is 0. The summed E-state index contributed by atoms with van der Waals surface area (Å²) in [6.07, 6.45) is 14.5. The van der Waals surface area contributed by atoms with Crippen LogP contribution in [0.4, 0.5) is 0 Å². The van der Waals surface area contributed by atoms with Crippen molar-refractivity contribution in [2.75, 3.05) is 13.1 Å². The van der Waals surface area contributed by atoms with Crippen LogP contribution in [0.1, 0.15) is 71.1 Å². The maximum absolute atomic E-state index is 4.00. The first kappa shape index (κ1) is 14.8. The SMILES string of the molecule is CC1CCCC(CNC2CCCCC2C2CCCN2)C1. The van der Waals surface area contributed by atoms with Crippen LogP contribution in [-0.2, 0) is 0 Å². The number of hydrogen-bond donors (Lipinski definition) is 2. The molecule has 5 atom stereocenters. The summed E-state index contributed by atoms with van der Waals surface area (Å²) in [5.41, 5.74) is 0. The monoisotopic (exact) mass is 278 g/mol. The molecule has 2 heteroatoms. The van der Waals surface area contributed by atoms with E-state index in [0.717, 1.165) is 29.8 Å². The molecule has 1 heterocycles. The van der Waals surface area contributed by atoms with Crippen LogP contribution in [0.15, 0.2) is 0 Å². The van der Waals surface area contributed by atoms with Crippen molar-refractivity contribution < 1.29 is 0 Å². The third-order valence-electron chi connectivity index (χ3n) is 6.15. The van der Waals surface area contributed by atoms with Gasteiger partial charge in [0.1, 0.15) is 0 Å².